The van der Waals surface area contributed by atoms with E-state index in [0.29, 0.717) is 18.1 Å². The minimum Gasteiger partial charge on any atom is -0.353 e. The summed E-state index contributed by atoms with van der Waals surface area (Å²) in [6.45, 7) is 2.74. The molecule has 0 bridgehead atoms. The molecule has 1 fully saturated rings. The lowest BCUT2D eigenvalue weighted by molar-refractivity contribution is 0.0747. The van der Waals surface area contributed by atoms with E-state index in [4.69, 9.17) is 21.7 Å². The number of fused-ring (bicyclic) bond motifs is 1. The highest BCUT2D eigenvalue weighted by atomic mass is 35.5. The fraction of sp³-hybridized carbons (Fsp3) is 0.148. The molecule has 0 atom stereocenters. The lowest BCUT2D eigenvalue weighted by atomic mass is 10.1. The number of carbonyl (C=O) groups excluding carboxylic acids is 1. The van der Waals surface area contributed by atoms with E-state index < -0.39 is 0 Å². The van der Waals surface area contributed by atoms with Crippen molar-refractivity contribution in [2.24, 2.45) is 0 Å². The van der Waals surface area contributed by atoms with Gasteiger partial charge in [0, 0.05) is 59.8 Å². The first-order valence-corrected chi connectivity index (χ1v) is 12.8. The maximum absolute atomic E-state index is 12.8. The Labute approximate surface area is 212 Å². The van der Waals surface area contributed by atoms with Crippen molar-refractivity contribution in [2.45, 2.75) is 0 Å². The molecule has 1 amide bonds. The summed E-state index contributed by atoms with van der Waals surface area (Å²) in [5.41, 5.74) is 5.24. The molecule has 174 valence electrons. The zero-order valence-electron chi connectivity index (χ0n) is 18.8. The Bertz CT molecular complexity index is 1490. The zero-order chi connectivity index (χ0) is 23.8. The molecule has 35 heavy (non-hydrogen) atoms. The van der Waals surface area contributed by atoms with Gasteiger partial charge in [-0.1, -0.05) is 54.1 Å². The second kappa shape index (κ2) is 9.17. The predicted molar refractivity (Wildman–Crippen MR) is 141 cm³/mol. The van der Waals surface area contributed by atoms with Gasteiger partial charge in [-0.05, 0) is 23.6 Å². The van der Waals surface area contributed by atoms with Crippen molar-refractivity contribution >= 4 is 40.3 Å². The molecule has 4 heterocycles. The Morgan fingerprint density at radius 1 is 0.857 bits per heavy atom. The van der Waals surface area contributed by atoms with Crippen molar-refractivity contribution in [3.05, 3.63) is 94.1 Å². The van der Waals surface area contributed by atoms with Crippen molar-refractivity contribution in [1.82, 2.24) is 19.5 Å². The first-order valence-electron chi connectivity index (χ1n) is 11.4. The highest BCUT2D eigenvalue weighted by Crippen LogP contribution is 2.29. The number of benzene rings is 2. The van der Waals surface area contributed by atoms with Gasteiger partial charge in [-0.15, -0.1) is 0 Å². The molecule has 8 heteroatoms. The summed E-state index contributed by atoms with van der Waals surface area (Å²) in [7, 11) is 0. The number of hydrogen-bond acceptors (Lipinski definition) is 5. The van der Waals surface area contributed by atoms with Crippen LogP contribution in [0.5, 0.6) is 0 Å². The molecule has 6 nitrogen and oxygen atoms in total. The number of amides is 1. The van der Waals surface area contributed by atoms with Crippen LogP contribution in [0, 0.1) is 0 Å². The average Bonchev–Trinajstić information content (AvgIpc) is 3.59. The Morgan fingerprint density at radius 3 is 2.40 bits per heavy atom. The summed E-state index contributed by atoms with van der Waals surface area (Å²) in [6.07, 6.45) is 0. The van der Waals surface area contributed by atoms with Crippen molar-refractivity contribution in [3.8, 4) is 22.5 Å². The molecule has 1 aliphatic heterocycles. The second-order valence-corrected chi connectivity index (χ2v) is 9.68. The van der Waals surface area contributed by atoms with Crippen LogP contribution in [-0.2, 0) is 0 Å². The lowest BCUT2D eigenvalue weighted by Gasteiger charge is -2.36. The van der Waals surface area contributed by atoms with Crippen LogP contribution in [0.1, 0.15) is 10.4 Å². The number of thiophene rings is 1. The normalized spacial score (nSPS) is 14.0. The highest BCUT2D eigenvalue weighted by molar-refractivity contribution is 7.08. The zero-order valence-corrected chi connectivity index (χ0v) is 20.4. The van der Waals surface area contributed by atoms with Gasteiger partial charge >= 0.3 is 0 Å². The molecule has 1 aliphatic rings. The number of hydrogen-bond donors (Lipinski definition) is 0. The summed E-state index contributed by atoms with van der Waals surface area (Å²) in [6, 6.07) is 23.8. The topological polar surface area (TPSA) is 53.7 Å². The Hall–Kier alpha value is -3.68. The van der Waals surface area contributed by atoms with E-state index in [0.717, 1.165) is 52.6 Å². The first-order chi connectivity index (χ1) is 17.2. The molecule has 0 spiro atoms. The van der Waals surface area contributed by atoms with Crippen LogP contribution in [0.4, 0.5) is 5.82 Å². The highest BCUT2D eigenvalue weighted by Gasteiger charge is 2.25. The van der Waals surface area contributed by atoms with E-state index >= 15 is 0 Å². The minimum absolute atomic E-state index is 0.0954. The van der Waals surface area contributed by atoms with Gasteiger partial charge in [-0.25, -0.2) is 4.98 Å². The van der Waals surface area contributed by atoms with Crippen LogP contribution in [0.15, 0.2) is 83.6 Å². The number of nitrogens with zero attached hydrogens (tertiary/aromatic N) is 5. The van der Waals surface area contributed by atoms with E-state index in [2.05, 4.69) is 23.1 Å². The molecule has 0 saturated carbocycles. The van der Waals surface area contributed by atoms with Crippen molar-refractivity contribution in [3.63, 3.8) is 0 Å². The van der Waals surface area contributed by atoms with Crippen LogP contribution in [0.3, 0.4) is 0 Å². The monoisotopic (exact) mass is 499 g/mol. The second-order valence-electron chi connectivity index (χ2n) is 8.47. The van der Waals surface area contributed by atoms with Gasteiger partial charge < -0.3 is 9.80 Å². The van der Waals surface area contributed by atoms with E-state index in [-0.39, 0.29) is 5.91 Å². The summed E-state index contributed by atoms with van der Waals surface area (Å²) in [5.74, 6) is 1.06. The van der Waals surface area contributed by atoms with Gasteiger partial charge in [0.1, 0.15) is 5.82 Å². The van der Waals surface area contributed by atoms with Crippen molar-refractivity contribution in [2.75, 3.05) is 31.1 Å². The van der Waals surface area contributed by atoms with Crippen LogP contribution in [0.2, 0.25) is 5.02 Å². The molecule has 0 aliphatic carbocycles. The van der Waals surface area contributed by atoms with Gasteiger partial charge in [-0.3, -0.25) is 4.79 Å². The first kappa shape index (κ1) is 21.8. The standard InChI is InChI=1S/C27H22ClN5OS/c28-22-8-4-7-20(15-22)24-16-25-29-23(19-5-2-1-3-6-19)17-26(33(25)30-24)31-10-12-32(13-11-31)27(34)21-9-14-35-18-21/h1-9,14-18H,10-13H2. The van der Waals surface area contributed by atoms with Gasteiger partial charge in [0.05, 0.1) is 17.0 Å². The predicted octanol–water partition coefficient (Wildman–Crippen LogP) is 5.74. The Balaban J connectivity index is 1.37. The molecule has 0 radical (unpaired) electrons. The van der Waals surface area contributed by atoms with E-state index in [9.17, 15) is 4.79 Å². The number of anilines is 1. The largest absolute Gasteiger partial charge is 0.353 e. The molecule has 3 aromatic heterocycles. The third kappa shape index (κ3) is 4.29. The van der Waals surface area contributed by atoms with E-state index in [1.807, 2.05) is 74.8 Å². The summed E-state index contributed by atoms with van der Waals surface area (Å²) in [5, 5.41) is 9.43. The third-order valence-corrected chi connectivity index (χ3v) is 7.18. The minimum atomic E-state index is 0.0954. The van der Waals surface area contributed by atoms with Gasteiger partial charge in [0.2, 0.25) is 0 Å². The molecule has 0 unspecified atom stereocenters. The maximum atomic E-state index is 12.8. The van der Waals surface area contributed by atoms with Gasteiger partial charge in [0.25, 0.3) is 5.91 Å². The molecule has 5 aromatic rings. The number of aromatic nitrogens is 3. The fourth-order valence-electron chi connectivity index (χ4n) is 4.44. The summed E-state index contributed by atoms with van der Waals surface area (Å²) < 4.78 is 1.90. The summed E-state index contributed by atoms with van der Waals surface area (Å²) in [4.78, 5) is 22.0. The lowest BCUT2D eigenvalue weighted by Crippen LogP contribution is -2.49. The molecule has 2 aromatic carbocycles. The van der Waals surface area contributed by atoms with E-state index in [1.165, 1.54) is 0 Å². The average molecular weight is 500 g/mol. The molecule has 1 saturated heterocycles. The third-order valence-electron chi connectivity index (χ3n) is 6.26. The molecule has 6 rings (SSSR count). The number of piperazine rings is 1. The SMILES string of the molecule is O=C(c1ccsc1)N1CCN(c2cc(-c3ccccc3)nc3cc(-c4cccc(Cl)c4)nn23)CC1. The maximum Gasteiger partial charge on any atom is 0.254 e. The van der Waals surface area contributed by atoms with Crippen LogP contribution < -0.4 is 4.90 Å². The Kier molecular flexibility index (Phi) is 5.72. The van der Waals surface area contributed by atoms with Crippen LogP contribution in [-0.4, -0.2) is 51.6 Å². The molecular formula is C27H22ClN5OS. The molecule has 0 N–H and O–H groups in total. The van der Waals surface area contributed by atoms with E-state index in [1.54, 1.807) is 11.3 Å². The number of halogens is 1. The molecular weight excluding hydrogens is 478 g/mol. The summed E-state index contributed by atoms with van der Waals surface area (Å²) >= 11 is 7.78. The number of rotatable bonds is 4. The Morgan fingerprint density at radius 2 is 1.66 bits per heavy atom. The number of carbonyl (C=O) groups is 1. The van der Waals surface area contributed by atoms with Crippen LogP contribution in [0.25, 0.3) is 28.2 Å². The smallest absolute Gasteiger partial charge is 0.254 e. The van der Waals surface area contributed by atoms with Crippen molar-refractivity contribution < 1.29 is 4.79 Å². The van der Waals surface area contributed by atoms with Crippen LogP contribution >= 0.6 is 22.9 Å². The van der Waals surface area contributed by atoms with Gasteiger partial charge in [-0.2, -0.15) is 21.0 Å². The quantitative estimate of drug-likeness (QED) is 0.316. The van der Waals surface area contributed by atoms with Gasteiger partial charge in [0.15, 0.2) is 5.65 Å². The van der Waals surface area contributed by atoms with Crippen molar-refractivity contribution in [1.29, 1.82) is 0 Å². The fourth-order valence-corrected chi connectivity index (χ4v) is 5.26.